The van der Waals surface area contributed by atoms with E-state index < -0.39 is 18.2 Å². The van der Waals surface area contributed by atoms with Gasteiger partial charge in [0.05, 0.1) is 18.8 Å². The largest absolute Gasteiger partial charge is 0.394 e. The van der Waals surface area contributed by atoms with Crippen molar-refractivity contribution in [2.24, 2.45) is 0 Å². The number of aliphatic hydroxyl groups is 3. The highest BCUT2D eigenvalue weighted by molar-refractivity contribution is 5.76. The first-order valence-corrected chi connectivity index (χ1v) is 19.6. The molecule has 3 unspecified atom stereocenters. The Kier molecular flexibility index (Phi) is 34.8. The number of amides is 1. The van der Waals surface area contributed by atoms with Crippen LogP contribution in [0.3, 0.4) is 0 Å². The fourth-order valence-corrected chi connectivity index (χ4v) is 5.95. The van der Waals surface area contributed by atoms with E-state index in [4.69, 9.17) is 0 Å². The van der Waals surface area contributed by atoms with Crippen molar-refractivity contribution in [3.8, 4) is 0 Å². The lowest BCUT2D eigenvalue weighted by Crippen LogP contribution is -2.50. The van der Waals surface area contributed by atoms with Crippen LogP contribution in [0.15, 0.2) is 24.3 Å². The molecule has 0 aliphatic rings. The third kappa shape index (κ3) is 31.2. The highest BCUT2D eigenvalue weighted by Crippen LogP contribution is 2.16. The van der Waals surface area contributed by atoms with Gasteiger partial charge in [0.1, 0.15) is 6.10 Å². The zero-order valence-corrected chi connectivity index (χ0v) is 30.0. The average Bonchev–Trinajstić information content (AvgIpc) is 3.04. The van der Waals surface area contributed by atoms with Crippen LogP contribution in [0.25, 0.3) is 0 Å². The summed E-state index contributed by atoms with van der Waals surface area (Å²) in [5.74, 6) is -0.158. The Morgan fingerprint density at radius 1 is 0.533 bits per heavy atom. The SMILES string of the molecule is CCC/C=C/CC/C=C/CCCC(O)C(O)C(CO)NC(=O)CCCCCCCCCCCCCCCCCCCCCCC. The van der Waals surface area contributed by atoms with Crippen molar-refractivity contribution >= 4 is 5.91 Å². The summed E-state index contributed by atoms with van der Waals surface area (Å²) in [5, 5.41) is 33.2. The van der Waals surface area contributed by atoms with E-state index in [9.17, 15) is 20.1 Å². The lowest BCUT2D eigenvalue weighted by molar-refractivity contribution is -0.124. The number of allylic oxidation sites excluding steroid dienone is 4. The molecule has 0 radical (unpaired) electrons. The molecule has 45 heavy (non-hydrogen) atoms. The molecule has 0 rings (SSSR count). The molecule has 0 saturated heterocycles. The molecule has 0 aliphatic heterocycles. The van der Waals surface area contributed by atoms with Crippen molar-refractivity contribution in [1.82, 2.24) is 5.32 Å². The molecule has 0 aromatic carbocycles. The van der Waals surface area contributed by atoms with Gasteiger partial charge in [-0.15, -0.1) is 0 Å². The molecular formula is C40H77NO4. The topological polar surface area (TPSA) is 89.8 Å². The Hall–Kier alpha value is -1.17. The predicted molar refractivity (Wildman–Crippen MR) is 195 cm³/mol. The number of nitrogens with one attached hydrogen (secondary N) is 1. The standard InChI is InChI=1S/C40H77NO4/c1-3-5-7-9-11-13-15-16-17-18-19-20-21-22-23-24-25-27-29-31-33-35-39(44)41-37(36-42)40(45)38(43)34-32-30-28-26-14-12-10-8-6-4-2/h8,10,26,28,37-38,40,42-43,45H,3-7,9,11-25,27,29-36H2,1-2H3,(H,41,44)/b10-8+,28-26+. The first-order chi connectivity index (χ1) is 22.1. The van der Waals surface area contributed by atoms with Gasteiger partial charge in [-0.05, 0) is 44.9 Å². The minimum Gasteiger partial charge on any atom is -0.394 e. The van der Waals surface area contributed by atoms with Crippen LogP contribution in [0.5, 0.6) is 0 Å². The maximum Gasteiger partial charge on any atom is 0.220 e. The molecule has 0 spiro atoms. The van der Waals surface area contributed by atoms with Crippen LogP contribution in [0.1, 0.15) is 200 Å². The Morgan fingerprint density at radius 2 is 0.933 bits per heavy atom. The number of unbranched alkanes of at least 4 members (excludes halogenated alkanes) is 23. The fraction of sp³-hybridized carbons (Fsp3) is 0.875. The normalized spacial score (nSPS) is 14.0. The molecule has 0 aromatic heterocycles. The maximum absolute atomic E-state index is 12.4. The first kappa shape index (κ1) is 43.8. The number of hydrogen-bond donors (Lipinski definition) is 4. The van der Waals surface area contributed by atoms with Crippen LogP contribution in [0.2, 0.25) is 0 Å². The van der Waals surface area contributed by atoms with E-state index in [1.165, 1.54) is 122 Å². The molecule has 0 saturated carbocycles. The second kappa shape index (κ2) is 35.7. The Labute approximate surface area is 280 Å². The number of aliphatic hydroxyl groups excluding tert-OH is 3. The molecule has 0 aromatic rings. The third-order valence-corrected chi connectivity index (χ3v) is 9.02. The van der Waals surface area contributed by atoms with E-state index in [1.54, 1.807) is 0 Å². The van der Waals surface area contributed by atoms with Crippen molar-refractivity contribution in [2.75, 3.05) is 6.61 Å². The van der Waals surface area contributed by atoms with Crippen LogP contribution < -0.4 is 5.32 Å². The van der Waals surface area contributed by atoms with Gasteiger partial charge >= 0.3 is 0 Å². The molecule has 3 atom stereocenters. The van der Waals surface area contributed by atoms with Crippen molar-refractivity contribution in [3.05, 3.63) is 24.3 Å². The van der Waals surface area contributed by atoms with Crippen molar-refractivity contribution in [1.29, 1.82) is 0 Å². The first-order valence-electron chi connectivity index (χ1n) is 19.6. The van der Waals surface area contributed by atoms with Gasteiger partial charge in [-0.2, -0.15) is 0 Å². The van der Waals surface area contributed by atoms with Gasteiger partial charge in [0, 0.05) is 6.42 Å². The minimum atomic E-state index is -1.16. The molecule has 0 heterocycles. The molecule has 4 N–H and O–H groups in total. The Morgan fingerprint density at radius 3 is 1.36 bits per heavy atom. The van der Waals surface area contributed by atoms with Crippen molar-refractivity contribution in [2.45, 2.75) is 218 Å². The van der Waals surface area contributed by atoms with Crippen LogP contribution in [-0.2, 0) is 4.79 Å². The van der Waals surface area contributed by atoms with E-state index in [2.05, 4.69) is 43.5 Å². The molecule has 0 aliphatic carbocycles. The summed E-state index contributed by atoms with van der Waals surface area (Å²) in [6, 6.07) is -0.826. The minimum absolute atomic E-state index is 0.158. The number of carbonyl (C=O) groups is 1. The Bertz CT molecular complexity index is 665. The van der Waals surface area contributed by atoms with E-state index in [0.717, 1.165) is 51.4 Å². The summed E-state index contributed by atoms with van der Waals surface area (Å²) < 4.78 is 0. The number of rotatable bonds is 35. The quantitative estimate of drug-likeness (QED) is 0.0412. The van der Waals surface area contributed by atoms with Crippen LogP contribution in [-0.4, -0.2) is 46.1 Å². The molecule has 5 nitrogen and oxygen atoms in total. The monoisotopic (exact) mass is 636 g/mol. The zero-order chi connectivity index (χ0) is 33.1. The highest BCUT2D eigenvalue weighted by atomic mass is 16.3. The van der Waals surface area contributed by atoms with Gasteiger partial charge in [-0.25, -0.2) is 0 Å². The molecule has 5 heteroatoms. The molecule has 1 amide bonds. The van der Waals surface area contributed by atoms with E-state index in [-0.39, 0.29) is 12.5 Å². The van der Waals surface area contributed by atoms with Crippen LogP contribution >= 0.6 is 0 Å². The second-order valence-electron chi connectivity index (χ2n) is 13.5. The second-order valence-corrected chi connectivity index (χ2v) is 13.5. The summed E-state index contributed by atoms with van der Waals surface area (Å²) >= 11 is 0. The zero-order valence-electron chi connectivity index (χ0n) is 30.0. The lowest BCUT2D eigenvalue weighted by atomic mass is 10.0. The van der Waals surface area contributed by atoms with Gasteiger partial charge in [-0.3, -0.25) is 4.79 Å². The highest BCUT2D eigenvalue weighted by Gasteiger charge is 2.26. The summed E-state index contributed by atoms with van der Waals surface area (Å²) in [7, 11) is 0. The smallest absolute Gasteiger partial charge is 0.220 e. The summed E-state index contributed by atoms with van der Waals surface area (Å²) in [6.07, 6.45) is 41.5. The summed E-state index contributed by atoms with van der Waals surface area (Å²) in [5.41, 5.74) is 0. The molecule has 266 valence electrons. The van der Waals surface area contributed by atoms with E-state index >= 15 is 0 Å². The van der Waals surface area contributed by atoms with Gasteiger partial charge in [0.15, 0.2) is 0 Å². The average molecular weight is 636 g/mol. The maximum atomic E-state index is 12.4. The lowest BCUT2D eigenvalue weighted by Gasteiger charge is -2.26. The number of hydrogen-bond acceptors (Lipinski definition) is 4. The fourth-order valence-electron chi connectivity index (χ4n) is 5.95. The Balaban J connectivity index is 3.61. The van der Waals surface area contributed by atoms with Gasteiger partial charge < -0.3 is 20.6 Å². The molecular weight excluding hydrogens is 558 g/mol. The van der Waals surface area contributed by atoms with Crippen molar-refractivity contribution < 1.29 is 20.1 Å². The van der Waals surface area contributed by atoms with Crippen LogP contribution in [0, 0.1) is 0 Å². The predicted octanol–water partition coefficient (Wildman–Crippen LogP) is 10.7. The summed E-state index contributed by atoms with van der Waals surface area (Å²) in [6.45, 7) is 4.08. The van der Waals surface area contributed by atoms with E-state index in [0.29, 0.717) is 12.8 Å². The molecule has 0 fully saturated rings. The summed E-state index contributed by atoms with van der Waals surface area (Å²) in [4.78, 5) is 12.4. The van der Waals surface area contributed by atoms with Crippen molar-refractivity contribution in [3.63, 3.8) is 0 Å². The van der Waals surface area contributed by atoms with Gasteiger partial charge in [0.2, 0.25) is 5.91 Å². The van der Waals surface area contributed by atoms with E-state index in [1.807, 2.05) is 0 Å². The van der Waals surface area contributed by atoms with Crippen LogP contribution in [0.4, 0.5) is 0 Å². The third-order valence-electron chi connectivity index (χ3n) is 9.02. The van der Waals surface area contributed by atoms with Gasteiger partial charge in [-0.1, -0.05) is 173 Å². The number of carbonyl (C=O) groups excluding carboxylic acids is 1. The molecule has 0 bridgehead atoms. The van der Waals surface area contributed by atoms with Gasteiger partial charge in [0.25, 0.3) is 0 Å².